The quantitative estimate of drug-likeness (QED) is 0.0172. The molecule has 9 atom stereocenters. The SMILES string of the molecule is C.CCC(Cl)Cl.CCCCCC#Cc1ccc(C)c(C(=O)OCC[Si](C)(C)C)c1/C=C/C[C@@H]1OC(C)(C)O[C@@H]1C(C)/C=C\[C@@H](C)[C@H](C)O[Si](c1ccccc1)(c1ccccc1)C(C)(C)C.CCCCCC#Cc1ccc(O)c2c1/C=C/C[C@H](O)[C@H](O)C(=O)/C=C\[C@@H](C)[C@H](C)OC2=O.[3H]C. The van der Waals surface area contributed by atoms with Crippen LogP contribution in [0.4, 0.5) is 0 Å². The molecule has 4 aromatic carbocycles. The van der Waals surface area contributed by atoms with Crippen molar-refractivity contribution in [3.8, 4) is 29.4 Å². The van der Waals surface area contributed by atoms with Crippen LogP contribution >= 0.6 is 23.2 Å². The highest BCUT2D eigenvalue weighted by Crippen LogP contribution is 2.40. The molecule has 2 aliphatic rings. The van der Waals surface area contributed by atoms with Crippen molar-refractivity contribution in [1.29, 1.82) is 0 Å². The first-order valence-corrected chi connectivity index (χ1v) is 41.2. The molecule has 540 valence electrons. The van der Waals surface area contributed by atoms with Crippen LogP contribution in [0.5, 0.6) is 5.75 Å². The third-order valence-corrected chi connectivity index (χ3v) is 24.7. The summed E-state index contributed by atoms with van der Waals surface area (Å²) in [6.45, 7) is 36.6. The second-order valence-corrected chi connectivity index (χ2v) is 39.3. The standard InChI is InChI=1S/C52H74O5Si2.C26H32O6.C3H6Cl2.2CH4/c1-14-15-16-17-20-26-43-36-35-40(3)48(50(53)54-37-38-58(11,12)13)46(43)31-25-32-47-49(56-52(9,10)55-47)41(4)34-33-39(2)42(5)57-59(51(6,7)8,44-27-21-18-22-28-44)45-29-23-19-24-30-45;1-4-5-6-7-8-10-19-14-16-21(27)24-20(19)11-9-12-22(28)25(30)23(29)15-13-17(2)18(3)32-26(24)31;1-2-3(4)5;;/h18-19,21-25,27-31,33-36,39,41-42,47,49H,14-17,32,37-38H2,1-13H3;9,11,13-18,22,25,27-28,30H,4-7,12H2,1-3H3;3H,2H2,1H3;2*1H4/b31-25+,34-33-;11-9+,15-13-;;;/t39-,41?,42+,47+,49-;17-,18+,22+,25+;;;/m11.../s1/i;;;1T;. The highest BCUT2D eigenvalue weighted by molar-refractivity contribution is 6.99. The number of ether oxygens (including phenoxy) is 4. The smallest absolute Gasteiger partial charge is 0.342 e. The van der Waals surface area contributed by atoms with E-state index in [9.17, 15) is 29.7 Å². The molecule has 0 saturated carbocycles. The molecule has 1 fully saturated rings. The number of hydrogen-bond acceptors (Lipinski definition) is 11. The molecule has 1 unspecified atom stereocenters. The Labute approximate surface area is 605 Å². The average Bonchev–Trinajstić information content (AvgIpc) is 1.30. The zero-order chi connectivity index (χ0) is 73.4. The molecule has 0 bridgehead atoms. The van der Waals surface area contributed by atoms with Gasteiger partial charge in [-0.1, -0.05) is 255 Å². The number of aryl methyl sites for hydroxylation is 1. The number of benzene rings is 4. The van der Waals surface area contributed by atoms with Crippen molar-refractivity contribution in [2.45, 2.75) is 260 Å². The zero-order valence-electron chi connectivity index (χ0n) is 62.5. The van der Waals surface area contributed by atoms with Crippen molar-refractivity contribution in [3.05, 3.63) is 160 Å². The summed E-state index contributed by atoms with van der Waals surface area (Å²) in [5, 5.41) is 33.2. The second kappa shape index (κ2) is 43.1. The predicted molar refractivity (Wildman–Crippen MR) is 416 cm³/mol. The molecular weight excluding hydrogens is 1300 g/mol. The molecule has 3 N–H and O–H groups in total. The van der Waals surface area contributed by atoms with Gasteiger partial charge in [-0.25, -0.2) is 9.59 Å². The Morgan fingerprint density at radius 2 is 1.38 bits per heavy atom. The number of aromatic hydroxyl groups is 1. The Hall–Kier alpha value is -5.82. The van der Waals surface area contributed by atoms with Crippen molar-refractivity contribution in [3.63, 3.8) is 0 Å². The number of rotatable bonds is 22. The van der Waals surface area contributed by atoms with Crippen molar-refractivity contribution >= 4 is 79.8 Å². The maximum Gasteiger partial charge on any atom is 0.342 e. The lowest BCUT2D eigenvalue weighted by Gasteiger charge is -2.45. The fourth-order valence-corrected chi connectivity index (χ4v) is 16.6. The minimum atomic E-state index is -2.70. The van der Waals surface area contributed by atoms with Crippen molar-refractivity contribution in [2.75, 3.05) is 6.61 Å². The number of esters is 2. The highest BCUT2D eigenvalue weighted by atomic mass is 35.5. The Kier molecular flexibility index (Phi) is 38.0. The average molecular weight is 1420 g/mol. The molecule has 0 amide bonds. The molecule has 11 nitrogen and oxygen atoms in total. The Bertz CT molecular complexity index is 3310. The van der Waals surface area contributed by atoms with Crippen molar-refractivity contribution < 1.29 is 54.4 Å². The number of carbonyl (C=O) groups is 3. The molecule has 4 aromatic rings. The monoisotopic (exact) mass is 1420 g/mol. The molecule has 0 aromatic heterocycles. The van der Waals surface area contributed by atoms with Gasteiger partial charge in [0.1, 0.15) is 28.4 Å². The largest absolute Gasteiger partial charge is 0.507 e. The molecule has 0 spiro atoms. The van der Waals surface area contributed by atoms with E-state index in [4.69, 9.17) is 47.9 Å². The molecule has 2 aliphatic heterocycles. The summed E-state index contributed by atoms with van der Waals surface area (Å²) in [6, 6.07) is 29.7. The minimum absolute atomic E-state index is 0. The molecule has 15 heteroatoms. The van der Waals surface area contributed by atoms with E-state index in [2.05, 4.69) is 184 Å². The number of carbonyl (C=O) groups excluding carboxylic acids is 3. The molecule has 1 saturated heterocycles. The molecule has 2 heterocycles. The number of fused-ring (bicyclic) bond motifs is 1. The van der Waals surface area contributed by atoms with E-state index < -0.39 is 52.2 Å². The molecular formula is C83H120Cl2O11Si2. The van der Waals surface area contributed by atoms with Crippen LogP contribution in [0.1, 0.15) is 225 Å². The summed E-state index contributed by atoms with van der Waals surface area (Å²) < 4.78 is 37.8. The first-order valence-electron chi connectivity index (χ1n) is 35.7. The van der Waals surface area contributed by atoms with Gasteiger partial charge in [-0.15, -0.1) is 23.2 Å². The third-order valence-electron chi connectivity index (χ3n) is 17.3. The summed E-state index contributed by atoms with van der Waals surface area (Å²) in [5.74, 6) is 10.3. The van der Waals surface area contributed by atoms with E-state index in [0.717, 1.165) is 74.1 Å². The van der Waals surface area contributed by atoms with Gasteiger partial charge in [0, 0.05) is 62.5 Å². The van der Waals surface area contributed by atoms with E-state index in [1.54, 1.807) is 26.0 Å². The van der Waals surface area contributed by atoms with Crippen molar-refractivity contribution in [1.82, 2.24) is 0 Å². The Balaban J connectivity index is 0.000000698. The first-order chi connectivity index (χ1) is 46.3. The van der Waals surface area contributed by atoms with Gasteiger partial charge in [-0.2, -0.15) is 0 Å². The second-order valence-electron chi connectivity index (χ2n) is 28.2. The number of cyclic esters (lactones) is 1. The fraction of sp³-hybridized carbons (Fsp3) is 0.530. The molecule has 98 heavy (non-hydrogen) atoms. The lowest BCUT2D eigenvalue weighted by Crippen LogP contribution is -2.67. The lowest BCUT2D eigenvalue weighted by molar-refractivity contribution is -0.148. The maximum atomic E-state index is 13.7. The maximum absolute atomic E-state index is 13.7. The van der Waals surface area contributed by atoms with Crippen LogP contribution < -0.4 is 10.4 Å². The van der Waals surface area contributed by atoms with E-state index in [0.29, 0.717) is 36.1 Å². The van der Waals surface area contributed by atoms with Gasteiger partial charge in [0.15, 0.2) is 11.6 Å². The number of hydrogen-bond donors (Lipinski definition) is 3. The van der Waals surface area contributed by atoms with Crippen LogP contribution in [-0.4, -0.2) is 103 Å². The van der Waals surface area contributed by atoms with Crippen LogP contribution in [0.3, 0.4) is 0 Å². The summed E-state index contributed by atoms with van der Waals surface area (Å²) >= 11 is 10.5. The minimum Gasteiger partial charge on any atom is -0.507 e. The number of aliphatic hydroxyl groups excluding tert-OH is 2. The Morgan fingerprint density at radius 3 is 1.92 bits per heavy atom. The van der Waals surface area contributed by atoms with Crippen LogP contribution in [0.15, 0.2) is 121 Å². The van der Waals surface area contributed by atoms with E-state index in [1.807, 2.05) is 39.8 Å². The number of unbranched alkanes of at least 4 members (excludes halogenated alkanes) is 6. The van der Waals surface area contributed by atoms with Gasteiger partial charge in [-0.05, 0) is 124 Å². The number of alkyl halides is 2. The van der Waals surface area contributed by atoms with Gasteiger partial charge < -0.3 is 38.7 Å². The third kappa shape index (κ3) is 27.6. The van der Waals surface area contributed by atoms with Crippen LogP contribution in [0.25, 0.3) is 12.2 Å². The molecule has 0 aliphatic carbocycles. The van der Waals surface area contributed by atoms with E-state index in [1.165, 1.54) is 42.1 Å². The lowest BCUT2D eigenvalue weighted by atomic mass is 9.93. The predicted octanol–water partition coefficient (Wildman–Crippen LogP) is 19.4. The molecule has 0 radical (unpaired) electrons. The number of ketones is 1. The van der Waals surface area contributed by atoms with E-state index >= 15 is 0 Å². The number of halogens is 2. The summed E-state index contributed by atoms with van der Waals surface area (Å²) in [7, 11) is -2.81. The van der Waals surface area contributed by atoms with Gasteiger partial charge >= 0.3 is 11.9 Å². The van der Waals surface area contributed by atoms with E-state index in [-0.39, 0.29) is 77.1 Å². The zero-order valence-corrected chi connectivity index (χ0v) is 65.0. The Morgan fingerprint density at radius 1 is 0.816 bits per heavy atom. The number of phenols is 1. The van der Waals surface area contributed by atoms with Crippen molar-refractivity contribution in [2.24, 2.45) is 17.8 Å². The normalized spacial score (nSPS) is 20.4. The highest BCUT2D eigenvalue weighted by Gasteiger charge is 2.51. The molecule has 6 rings (SSSR count). The summed E-state index contributed by atoms with van der Waals surface area (Å²) in [6.07, 6.45) is 20.2. The first kappa shape index (κ1) is 86.4. The van der Waals surface area contributed by atoms with Crippen LogP contribution in [-0.2, 0) is 28.2 Å². The number of aliphatic hydroxyl groups is 2. The van der Waals surface area contributed by atoms with Gasteiger partial charge in [0.2, 0.25) is 0 Å². The summed E-state index contributed by atoms with van der Waals surface area (Å²) in [5.41, 5.74) is 4.06. The van der Waals surface area contributed by atoms with Gasteiger partial charge in [0.05, 0.1) is 30.5 Å². The van der Waals surface area contributed by atoms with Crippen LogP contribution in [0, 0.1) is 48.4 Å². The van der Waals surface area contributed by atoms with Crippen LogP contribution in [0.2, 0.25) is 30.7 Å². The van der Waals surface area contributed by atoms with Gasteiger partial charge in [0.25, 0.3) is 8.32 Å². The topological polar surface area (TPSA) is 158 Å². The number of phenolic OH excluding ortho intramolecular Hbond substituents is 1. The van der Waals surface area contributed by atoms with Gasteiger partial charge in [-0.3, -0.25) is 4.79 Å². The summed E-state index contributed by atoms with van der Waals surface area (Å²) in [4.78, 5) is 38.6. The fourth-order valence-electron chi connectivity index (χ4n) is 11.1.